The summed E-state index contributed by atoms with van der Waals surface area (Å²) in [6, 6.07) is 9.04. The lowest BCUT2D eigenvalue weighted by molar-refractivity contribution is 0.0687. The Morgan fingerprint density at radius 3 is 2.55 bits per heavy atom. The second kappa shape index (κ2) is 11.3. The van der Waals surface area contributed by atoms with Gasteiger partial charge in [0.15, 0.2) is 0 Å². The molecule has 0 saturated heterocycles. The van der Waals surface area contributed by atoms with Crippen LogP contribution in [0.3, 0.4) is 0 Å². The second-order valence-corrected chi connectivity index (χ2v) is 5.91. The van der Waals surface area contributed by atoms with Crippen LogP contribution < -0.4 is 5.32 Å². The number of ether oxygens (including phenoxy) is 2. The molecule has 1 atom stereocenters. The number of halogens is 1. The highest BCUT2D eigenvalue weighted by molar-refractivity contribution is 9.10. The number of methoxy groups -OCH3 is 1. The van der Waals surface area contributed by atoms with E-state index in [2.05, 4.69) is 52.4 Å². The molecule has 114 valence electrons. The third kappa shape index (κ3) is 8.69. The Bertz CT molecular complexity index is 343. The summed E-state index contributed by atoms with van der Waals surface area (Å²) in [5, 5.41) is 3.56. The van der Waals surface area contributed by atoms with Crippen LogP contribution in [-0.2, 0) is 15.9 Å². The van der Waals surface area contributed by atoms with Crippen molar-refractivity contribution < 1.29 is 9.47 Å². The maximum atomic E-state index is 5.43. The molecular formula is C16H26BrNO2. The molecule has 3 nitrogen and oxygen atoms in total. The standard InChI is InChI=1S/C16H26BrNO2/c1-14(13-15-5-7-16(17)8-6-15)18-9-3-4-10-20-12-11-19-2/h5-8,14,18H,3-4,9-13H2,1-2H3. The Morgan fingerprint density at radius 2 is 1.85 bits per heavy atom. The minimum Gasteiger partial charge on any atom is -0.382 e. The zero-order chi connectivity index (χ0) is 14.6. The Morgan fingerprint density at radius 1 is 1.10 bits per heavy atom. The second-order valence-electron chi connectivity index (χ2n) is 5.00. The SMILES string of the molecule is COCCOCCCCNC(C)Cc1ccc(Br)cc1. The van der Waals surface area contributed by atoms with Crippen LogP contribution in [0.25, 0.3) is 0 Å². The Hall–Kier alpha value is -0.420. The summed E-state index contributed by atoms with van der Waals surface area (Å²) >= 11 is 3.46. The normalized spacial score (nSPS) is 12.6. The lowest BCUT2D eigenvalue weighted by Crippen LogP contribution is -2.29. The molecular weight excluding hydrogens is 318 g/mol. The molecule has 0 aliphatic heterocycles. The van der Waals surface area contributed by atoms with Crippen LogP contribution in [0.2, 0.25) is 0 Å². The Labute approximate surface area is 131 Å². The minimum absolute atomic E-state index is 0.505. The van der Waals surface area contributed by atoms with Gasteiger partial charge in [-0.25, -0.2) is 0 Å². The van der Waals surface area contributed by atoms with Gasteiger partial charge in [0, 0.05) is 24.2 Å². The van der Waals surface area contributed by atoms with E-state index in [-0.39, 0.29) is 0 Å². The van der Waals surface area contributed by atoms with E-state index in [9.17, 15) is 0 Å². The van der Waals surface area contributed by atoms with Crippen molar-refractivity contribution in [3.8, 4) is 0 Å². The summed E-state index contributed by atoms with van der Waals surface area (Å²) in [6.07, 6.45) is 3.32. The van der Waals surface area contributed by atoms with Crippen LogP contribution >= 0.6 is 15.9 Å². The fraction of sp³-hybridized carbons (Fsp3) is 0.625. The number of unbranched alkanes of at least 4 members (excludes halogenated alkanes) is 1. The van der Waals surface area contributed by atoms with Crippen LogP contribution in [0.4, 0.5) is 0 Å². The monoisotopic (exact) mass is 343 g/mol. The first-order valence-corrected chi connectivity index (χ1v) is 8.06. The molecule has 0 bridgehead atoms. The first-order chi connectivity index (χ1) is 9.72. The van der Waals surface area contributed by atoms with Gasteiger partial charge in [0.05, 0.1) is 13.2 Å². The summed E-state index contributed by atoms with van der Waals surface area (Å²) in [7, 11) is 1.69. The van der Waals surface area contributed by atoms with Gasteiger partial charge < -0.3 is 14.8 Å². The van der Waals surface area contributed by atoms with Crippen LogP contribution in [0, 0.1) is 0 Å². The van der Waals surface area contributed by atoms with Crippen molar-refractivity contribution in [1.29, 1.82) is 0 Å². The van der Waals surface area contributed by atoms with Crippen molar-refractivity contribution in [2.45, 2.75) is 32.2 Å². The zero-order valence-electron chi connectivity index (χ0n) is 12.5. The average Bonchev–Trinajstić information content (AvgIpc) is 2.44. The summed E-state index contributed by atoms with van der Waals surface area (Å²) in [5.74, 6) is 0. The van der Waals surface area contributed by atoms with E-state index >= 15 is 0 Å². The van der Waals surface area contributed by atoms with Crippen molar-refractivity contribution >= 4 is 15.9 Å². The zero-order valence-corrected chi connectivity index (χ0v) is 14.1. The lowest BCUT2D eigenvalue weighted by atomic mass is 10.1. The van der Waals surface area contributed by atoms with Gasteiger partial charge in [-0.05, 0) is 50.4 Å². The third-order valence-corrected chi connectivity index (χ3v) is 3.62. The molecule has 0 spiro atoms. The molecule has 0 aliphatic carbocycles. The summed E-state index contributed by atoms with van der Waals surface area (Å²) in [4.78, 5) is 0. The van der Waals surface area contributed by atoms with Crippen molar-refractivity contribution in [1.82, 2.24) is 5.32 Å². The van der Waals surface area contributed by atoms with Crippen LogP contribution in [0.15, 0.2) is 28.7 Å². The molecule has 0 saturated carbocycles. The molecule has 0 fully saturated rings. The van der Waals surface area contributed by atoms with E-state index in [1.54, 1.807) is 7.11 Å². The van der Waals surface area contributed by atoms with E-state index in [4.69, 9.17) is 9.47 Å². The fourth-order valence-corrected chi connectivity index (χ4v) is 2.23. The molecule has 1 aromatic rings. The highest BCUT2D eigenvalue weighted by atomic mass is 79.9. The molecule has 4 heteroatoms. The number of rotatable bonds is 11. The fourth-order valence-electron chi connectivity index (χ4n) is 1.97. The molecule has 20 heavy (non-hydrogen) atoms. The summed E-state index contributed by atoms with van der Waals surface area (Å²) < 4.78 is 11.5. The molecule has 1 aromatic carbocycles. The summed E-state index contributed by atoms with van der Waals surface area (Å²) in [6.45, 7) is 5.49. The quantitative estimate of drug-likeness (QED) is 0.624. The topological polar surface area (TPSA) is 30.5 Å². The van der Waals surface area contributed by atoms with E-state index in [1.165, 1.54) is 5.56 Å². The minimum atomic E-state index is 0.505. The Kier molecular flexibility index (Phi) is 9.93. The molecule has 0 aromatic heterocycles. The average molecular weight is 344 g/mol. The first-order valence-electron chi connectivity index (χ1n) is 7.27. The Balaban J connectivity index is 2.00. The lowest BCUT2D eigenvalue weighted by Gasteiger charge is -2.14. The number of benzene rings is 1. The van der Waals surface area contributed by atoms with Gasteiger partial charge in [-0.15, -0.1) is 0 Å². The molecule has 0 amide bonds. The van der Waals surface area contributed by atoms with Gasteiger partial charge in [-0.3, -0.25) is 0 Å². The van der Waals surface area contributed by atoms with E-state index in [0.29, 0.717) is 19.3 Å². The van der Waals surface area contributed by atoms with Crippen LogP contribution in [0.1, 0.15) is 25.3 Å². The van der Waals surface area contributed by atoms with E-state index in [1.807, 2.05) is 0 Å². The van der Waals surface area contributed by atoms with Gasteiger partial charge in [-0.2, -0.15) is 0 Å². The molecule has 1 rings (SSSR count). The van der Waals surface area contributed by atoms with Gasteiger partial charge in [0.2, 0.25) is 0 Å². The van der Waals surface area contributed by atoms with Crippen LogP contribution in [-0.4, -0.2) is 39.5 Å². The van der Waals surface area contributed by atoms with Gasteiger partial charge in [-0.1, -0.05) is 28.1 Å². The predicted octanol–water partition coefficient (Wildman–Crippen LogP) is 3.41. The van der Waals surface area contributed by atoms with Crippen molar-refractivity contribution in [3.05, 3.63) is 34.3 Å². The molecule has 0 radical (unpaired) electrons. The maximum absolute atomic E-state index is 5.43. The molecule has 1 unspecified atom stereocenters. The maximum Gasteiger partial charge on any atom is 0.0700 e. The van der Waals surface area contributed by atoms with E-state index in [0.717, 1.165) is 36.9 Å². The van der Waals surface area contributed by atoms with Crippen molar-refractivity contribution in [3.63, 3.8) is 0 Å². The number of hydrogen-bond acceptors (Lipinski definition) is 3. The molecule has 0 aliphatic rings. The summed E-state index contributed by atoms with van der Waals surface area (Å²) in [5.41, 5.74) is 1.37. The largest absolute Gasteiger partial charge is 0.382 e. The van der Waals surface area contributed by atoms with Gasteiger partial charge in [0.1, 0.15) is 0 Å². The van der Waals surface area contributed by atoms with Gasteiger partial charge in [0.25, 0.3) is 0 Å². The molecule has 1 N–H and O–H groups in total. The van der Waals surface area contributed by atoms with Gasteiger partial charge >= 0.3 is 0 Å². The molecule has 0 heterocycles. The van der Waals surface area contributed by atoms with Crippen molar-refractivity contribution in [2.75, 3.05) is 33.5 Å². The highest BCUT2D eigenvalue weighted by Crippen LogP contribution is 2.11. The van der Waals surface area contributed by atoms with Crippen LogP contribution in [0.5, 0.6) is 0 Å². The smallest absolute Gasteiger partial charge is 0.0700 e. The predicted molar refractivity (Wildman–Crippen MR) is 87.2 cm³/mol. The highest BCUT2D eigenvalue weighted by Gasteiger charge is 2.02. The number of nitrogens with one attached hydrogen (secondary N) is 1. The third-order valence-electron chi connectivity index (χ3n) is 3.10. The number of hydrogen-bond donors (Lipinski definition) is 1. The van der Waals surface area contributed by atoms with E-state index < -0.39 is 0 Å². The first kappa shape index (κ1) is 17.6. The van der Waals surface area contributed by atoms with Crippen molar-refractivity contribution in [2.24, 2.45) is 0 Å².